The largest absolute Gasteiger partial charge is 0.480 e. The van der Waals surface area contributed by atoms with Crippen LogP contribution in [0.2, 0.25) is 0 Å². The molecule has 5 unspecified atom stereocenters. The molecule has 1 saturated heterocycles. The Morgan fingerprint density at radius 3 is 2.59 bits per heavy atom. The van der Waals surface area contributed by atoms with E-state index in [4.69, 9.17) is 17.2 Å². The van der Waals surface area contributed by atoms with Gasteiger partial charge in [0, 0.05) is 31.4 Å². The molecule has 37 heavy (non-hydrogen) atoms. The van der Waals surface area contributed by atoms with Crippen molar-refractivity contribution in [2.45, 2.75) is 76.5 Å². The van der Waals surface area contributed by atoms with E-state index in [1.807, 2.05) is 6.92 Å². The summed E-state index contributed by atoms with van der Waals surface area (Å²) < 4.78 is 0. The number of hydrogen-bond acceptors (Lipinski definition) is 7. The molecule has 5 atom stereocenters. The highest BCUT2D eigenvalue weighted by Gasteiger charge is 2.38. The Balaban J connectivity index is 2.16. The molecule has 1 fully saturated rings. The molecule has 2 rings (SSSR count). The molecule has 0 radical (unpaired) electrons. The fourth-order valence-electron chi connectivity index (χ4n) is 4.20. The van der Waals surface area contributed by atoms with Gasteiger partial charge in [-0.25, -0.2) is 9.78 Å². The van der Waals surface area contributed by atoms with E-state index in [-0.39, 0.29) is 37.8 Å². The number of aromatic amines is 1. The molecule has 1 aromatic rings. The normalized spacial score (nSPS) is 18.4. The molecule has 206 valence electrons. The summed E-state index contributed by atoms with van der Waals surface area (Å²) in [6, 6.07) is -3.83. The number of likely N-dealkylation sites (tertiary alicyclic amines) is 1. The zero-order valence-corrected chi connectivity index (χ0v) is 21.4. The first-order chi connectivity index (χ1) is 17.5. The third kappa shape index (κ3) is 8.74. The molecule has 1 aliphatic heterocycles. The highest BCUT2D eigenvalue weighted by molar-refractivity contribution is 5.94. The van der Waals surface area contributed by atoms with Gasteiger partial charge < -0.3 is 42.8 Å². The average molecular weight is 522 g/mol. The number of amides is 3. The lowest BCUT2D eigenvalue weighted by Crippen LogP contribution is -2.58. The van der Waals surface area contributed by atoms with Crippen molar-refractivity contribution in [2.75, 3.05) is 13.1 Å². The predicted octanol–water partition coefficient (Wildman–Crippen LogP) is -1.58. The molecule has 2 heterocycles. The number of nitrogens with two attached hydrogens (primary N) is 3. The van der Waals surface area contributed by atoms with Gasteiger partial charge in [0.2, 0.25) is 17.7 Å². The van der Waals surface area contributed by atoms with Crippen molar-refractivity contribution in [3.05, 3.63) is 18.2 Å². The van der Waals surface area contributed by atoms with Crippen LogP contribution in [0.15, 0.2) is 17.5 Å². The van der Waals surface area contributed by atoms with E-state index in [1.54, 1.807) is 13.1 Å². The van der Waals surface area contributed by atoms with Crippen LogP contribution in [-0.4, -0.2) is 86.9 Å². The van der Waals surface area contributed by atoms with Crippen LogP contribution in [0.3, 0.4) is 0 Å². The van der Waals surface area contributed by atoms with Crippen molar-refractivity contribution >= 4 is 29.7 Å². The zero-order chi connectivity index (χ0) is 27.5. The Morgan fingerprint density at radius 2 is 2.00 bits per heavy atom. The number of imidazole rings is 1. The molecule has 0 aromatic carbocycles. The van der Waals surface area contributed by atoms with Gasteiger partial charge in [-0.1, -0.05) is 20.3 Å². The van der Waals surface area contributed by atoms with Gasteiger partial charge in [-0.05, 0) is 31.6 Å². The standard InChI is InChI=1S/C23H39N9O5/c1-3-13(2)18(31-19(33)15(24)10-14-11-27-12-29-14)20(34)30-16(6-4-8-28-23(25)26)21(35)32-9-5-7-17(32)22(36)37/h11-13,15-18H,3-10,24H2,1-2H3,(H,27,29)(H,30,34)(H,31,33)(H,36,37)(H4,25,26,28). The molecular weight excluding hydrogens is 482 g/mol. The Hall–Kier alpha value is -3.68. The minimum Gasteiger partial charge on any atom is -0.480 e. The second-order valence-corrected chi connectivity index (χ2v) is 9.30. The van der Waals surface area contributed by atoms with Gasteiger partial charge in [-0.2, -0.15) is 0 Å². The number of carboxylic acids is 1. The van der Waals surface area contributed by atoms with Gasteiger partial charge >= 0.3 is 5.97 Å². The Morgan fingerprint density at radius 1 is 1.27 bits per heavy atom. The van der Waals surface area contributed by atoms with E-state index in [0.717, 1.165) is 0 Å². The van der Waals surface area contributed by atoms with Gasteiger partial charge in [0.1, 0.15) is 18.1 Å². The van der Waals surface area contributed by atoms with E-state index in [0.29, 0.717) is 31.4 Å². The summed E-state index contributed by atoms with van der Waals surface area (Å²) in [4.78, 5) is 63.1. The third-order valence-corrected chi connectivity index (χ3v) is 6.51. The Bertz CT molecular complexity index is 948. The number of H-pyrrole nitrogens is 1. The third-order valence-electron chi connectivity index (χ3n) is 6.51. The number of rotatable bonds is 14. The van der Waals surface area contributed by atoms with Crippen LogP contribution in [0.5, 0.6) is 0 Å². The summed E-state index contributed by atoms with van der Waals surface area (Å²) in [5.41, 5.74) is 17.4. The maximum absolute atomic E-state index is 13.4. The monoisotopic (exact) mass is 521 g/mol. The van der Waals surface area contributed by atoms with E-state index in [2.05, 4.69) is 25.6 Å². The molecule has 0 saturated carbocycles. The first-order valence-corrected chi connectivity index (χ1v) is 12.5. The number of nitrogens with zero attached hydrogens (tertiary/aromatic N) is 3. The summed E-state index contributed by atoms with van der Waals surface area (Å²) in [7, 11) is 0. The lowest BCUT2D eigenvalue weighted by molar-refractivity contribution is -0.149. The second kappa shape index (κ2) is 14.2. The molecule has 1 aliphatic rings. The first-order valence-electron chi connectivity index (χ1n) is 12.5. The zero-order valence-electron chi connectivity index (χ0n) is 21.4. The highest BCUT2D eigenvalue weighted by Crippen LogP contribution is 2.20. The lowest BCUT2D eigenvalue weighted by Gasteiger charge is -2.30. The number of carbonyl (C=O) groups is 4. The van der Waals surface area contributed by atoms with E-state index >= 15 is 0 Å². The fraction of sp³-hybridized carbons (Fsp3) is 0.652. The summed E-state index contributed by atoms with van der Waals surface area (Å²) >= 11 is 0. The quantitative estimate of drug-likeness (QED) is 0.0848. The van der Waals surface area contributed by atoms with Crippen LogP contribution < -0.4 is 27.8 Å². The van der Waals surface area contributed by atoms with E-state index in [1.165, 1.54) is 11.2 Å². The number of hydrogen-bond donors (Lipinski definition) is 7. The second-order valence-electron chi connectivity index (χ2n) is 9.30. The van der Waals surface area contributed by atoms with Crippen LogP contribution in [0.1, 0.15) is 51.6 Å². The van der Waals surface area contributed by atoms with Crippen molar-refractivity contribution in [3.63, 3.8) is 0 Å². The van der Waals surface area contributed by atoms with Crippen LogP contribution in [-0.2, 0) is 25.6 Å². The van der Waals surface area contributed by atoms with Crippen molar-refractivity contribution in [3.8, 4) is 0 Å². The number of carboxylic acid groups (broad SMARTS) is 1. The van der Waals surface area contributed by atoms with Gasteiger partial charge in [0.05, 0.1) is 12.4 Å². The fourth-order valence-corrected chi connectivity index (χ4v) is 4.20. The van der Waals surface area contributed by atoms with Crippen molar-refractivity contribution in [2.24, 2.45) is 28.1 Å². The molecule has 10 N–H and O–H groups in total. The minimum absolute atomic E-state index is 0.0941. The average Bonchev–Trinajstić information content (AvgIpc) is 3.55. The van der Waals surface area contributed by atoms with E-state index in [9.17, 15) is 24.3 Å². The van der Waals surface area contributed by atoms with Gasteiger partial charge in [-0.3, -0.25) is 19.4 Å². The van der Waals surface area contributed by atoms with Crippen LogP contribution in [0.4, 0.5) is 0 Å². The number of aliphatic carboxylic acids is 1. The maximum atomic E-state index is 13.4. The van der Waals surface area contributed by atoms with E-state index < -0.39 is 47.9 Å². The Labute approximate surface area is 215 Å². The van der Waals surface area contributed by atoms with Crippen molar-refractivity contribution < 1.29 is 24.3 Å². The molecule has 14 nitrogen and oxygen atoms in total. The van der Waals surface area contributed by atoms with Crippen molar-refractivity contribution in [1.82, 2.24) is 25.5 Å². The smallest absolute Gasteiger partial charge is 0.326 e. The first kappa shape index (κ1) is 29.5. The number of nitrogens with one attached hydrogen (secondary N) is 3. The summed E-state index contributed by atoms with van der Waals surface area (Å²) in [6.45, 7) is 4.20. The number of aliphatic imine (C=N–C) groups is 1. The SMILES string of the molecule is CCC(C)C(NC(=O)C(N)Cc1cnc[nH]1)C(=O)NC(CCCN=C(N)N)C(=O)N1CCCC1C(=O)O. The maximum Gasteiger partial charge on any atom is 0.326 e. The highest BCUT2D eigenvalue weighted by atomic mass is 16.4. The van der Waals surface area contributed by atoms with Crippen LogP contribution in [0, 0.1) is 5.92 Å². The van der Waals surface area contributed by atoms with Gasteiger partial charge in [-0.15, -0.1) is 0 Å². The number of aromatic nitrogens is 2. The van der Waals surface area contributed by atoms with Gasteiger partial charge in [0.15, 0.2) is 5.96 Å². The molecular formula is C23H39N9O5. The molecule has 3 amide bonds. The molecule has 1 aromatic heterocycles. The lowest BCUT2D eigenvalue weighted by atomic mass is 9.96. The summed E-state index contributed by atoms with van der Waals surface area (Å²) in [6.07, 6.45) is 5.28. The van der Waals surface area contributed by atoms with Crippen LogP contribution in [0.25, 0.3) is 0 Å². The molecule has 0 aliphatic carbocycles. The molecule has 0 spiro atoms. The molecule has 0 bridgehead atoms. The number of carbonyl (C=O) groups excluding carboxylic acids is 3. The summed E-state index contributed by atoms with van der Waals surface area (Å²) in [5.74, 6) is -3.01. The van der Waals surface area contributed by atoms with Crippen molar-refractivity contribution in [1.29, 1.82) is 0 Å². The Kier molecular flexibility index (Phi) is 11.3. The topological polar surface area (TPSA) is 235 Å². The number of guanidine groups is 1. The molecule has 14 heteroatoms. The van der Waals surface area contributed by atoms with Crippen LogP contribution >= 0.6 is 0 Å². The summed E-state index contributed by atoms with van der Waals surface area (Å²) in [5, 5.41) is 15.0. The minimum atomic E-state index is -1.09. The van der Waals surface area contributed by atoms with Gasteiger partial charge in [0.25, 0.3) is 0 Å². The predicted molar refractivity (Wildman–Crippen MR) is 136 cm³/mol.